The highest BCUT2D eigenvalue weighted by atomic mass is 35.5. The minimum atomic E-state index is -0.402. The van der Waals surface area contributed by atoms with Gasteiger partial charge in [-0.3, -0.25) is 9.59 Å². The predicted octanol–water partition coefficient (Wildman–Crippen LogP) is 4.12. The summed E-state index contributed by atoms with van der Waals surface area (Å²) in [6.07, 6.45) is 0. The van der Waals surface area contributed by atoms with E-state index in [0.717, 1.165) is 27.3 Å². The van der Waals surface area contributed by atoms with Crippen molar-refractivity contribution in [2.24, 2.45) is 4.99 Å². The number of rotatable bonds is 6. The molecular weight excluding hydrogens is 408 g/mol. The maximum atomic E-state index is 12.5. The predicted molar refractivity (Wildman–Crippen MR) is 107 cm³/mol. The van der Waals surface area contributed by atoms with E-state index in [2.05, 4.69) is 4.99 Å². The van der Waals surface area contributed by atoms with E-state index in [1.165, 1.54) is 11.3 Å². The van der Waals surface area contributed by atoms with Crippen molar-refractivity contribution in [2.45, 2.75) is 20.4 Å². The summed E-state index contributed by atoms with van der Waals surface area (Å²) in [5.74, 6) is -0.0716. The van der Waals surface area contributed by atoms with Gasteiger partial charge in [-0.15, -0.1) is 11.3 Å². The Bertz CT molecular complexity index is 1050. The largest absolute Gasteiger partial charge is 0.494 e. The van der Waals surface area contributed by atoms with Gasteiger partial charge in [-0.05, 0) is 44.2 Å². The fourth-order valence-corrected chi connectivity index (χ4v) is 4.44. The fraction of sp³-hybridized carbons (Fsp3) is 0.278. The lowest BCUT2D eigenvalue weighted by Gasteiger charge is -2.06. The van der Waals surface area contributed by atoms with Crippen molar-refractivity contribution in [3.05, 3.63) is 44.3 Å². The number of aromatic nitrogens is 1. The quantitative estimate of drug-likeness (QED) is 0.558. The molecule has 3 aromatic rings. The number of thiazole rings is 1. The van der Waals surface area contributed by atoms with Gasteiger partial charge in [-0.2, -0.15) is 4.99 Å². The SMILES string of the molecule is CCOC(=O)Cn1c(=NC(=O)c2ccc(Cl)s2)sc2cc(OCC)ccc21. The smallest absolute Gasteiger partial charge is 0.326 e. The molecule has 2 aromatic heterocycles. The van der Waals surface area contributed by atoms with E-state index in [1.54, 1.807) is 23.6 Å². The van der Waals surface area contributed by atoms with E-state index in [0.29, 0.717) is 20.6 Å². The number of amides is 1. The van der Waals surface area contributed by atoms with Gasteiger partial charge in [-0.1, -0.05) is 22.9 Å². The maximum Gasteiger partial charge on any atom is 0.326 e. The Morgan fingerprint density at radius 2 is 1.96 bits per heavy atom. The second-order valence-corrected chi connectivity index (χ2v) is 8.08. The molecule has 0 aliphatic rings. The standard InChI is InChI=1S/C18H17ClN2O4S2/c1-3-24-11-5-6-12-14(9-11)27-18(21(12)10-16(22)25-4-2)20-17(23)13-7-8-15(19)26-13/h5-9H,3-4,10H2,1-2H3. The number of carbonyl (C=O) groups excluding carboxylic acids is 2. The van der Waals surface area contributed by atoms with E-state index in [-0.39, 0.29) is 19.1 Å². The number of fused-ring (bicyclic) bond motifs is 1. The Morgan fingerprint density at radius 3 is 2.63 bits per heavy atom. The molecule has 0 bridgehead atoms. The molecule has 2 heterocycles. The van der Waals surface area contributed by atoms with Gasteiger partial charge < -0.3 is 14.0 Å². The average Bonchev–Trinajstić information content (AvgIpc) is 3.19. The summed E-state index contributed by atoms with van der Waals surface area (Å²) in [6, 6.07) is 8.83. The van der Waals surface area contributed by atoms with Crippen LogP contribution in [0.25, 0.3) is 10.2 Å². The number of esters is 1. The molecule has 1 amide bonds. The second-order valence-electron chi connectivity index (χ2n) is 5.36. The summed E-state index contributed by atoms with van der Waals surface area (Å²) in [6.45, 7) is 4.46. The zero-order valence-corrected chi connectivity index (χ0v) is 17.1. The van der Waals surface area contributed by atoms with Gasteiger partial charge in [0.25, 0.3) is 5.91 Å². The summed E-state index contributed by atoms with van der Waals surface area (Å²) < 4.78 is 13.6. The van der Waals surface area contributed by atoms with Crippen LogP contribution < -0.4 is 9.54 Å². The minimum absolute atomic E-state index is 0.0286. The van der Waals surface area contributed by atoms with Gasteiger partial charge in [0.15, 0.2) is 4.80 Å². The number of carbonyl (C=O) groups is 2. The van der Waals surface area contributed by atoms with Crippen LogP contribution in [0.3, 0.4) is 0 Å². The molecule has 1 aromatic carbocycles. The van der Waals surface area contributed by atoms with Gasteiger partial charge in [0.2, 0.25) is 0 Å². The molecule has 0 aliphatic carbocycles. The first-order valence-electron chi connectivity index (χ1n) is 8.28. The fourth-order valence-electron chi connectivity index (χ4n) is 2.46. The zero-order valence-electron chi connectivity index (χ0n) is 14.7. The Morgan fingerprint density at radius 1 is 1.15 bits per heavy atom. The van der Waals surface area contributed by atoms with Crippen LogP contribution in [-0.4, -0.2) is 29.7 Å². The third kappa shape index (κ3) is 4.58. The average molecular weight is 425 g/mol. The molecule has 0 fully saturated rings. The molecule has 3 rings (SSSR count). The van der Waals surface area contributed by atoms with E-state index in [1.807, 2.05) is 25.1 Å². The van der Waals surface area contributed by atoms with Crippen LogP contribution in [0.2, 0.25) is 4.34 Å². The first-order chi connectivity index (χ1) is 13.0. The molecule has 0 saturated heterocycles. The van der Waals surface area contributed by atoms with Crippen molar-refractivity contribution >= 4 is 56.4 Å². The van der Waals surface area contributed by atoms with Gasteiger partial charge in [0.05, 0.1) is 32.6 Å². The van der Waals surface area contributed by atoms with Crippen LogP contribution in [0.5, 0.6) is 5.75 Å². The second kappa shape index (κ2) is 8.69. The molecule has 0 saturated carbocycles. The molecule has 0 spiro atoms. The summed E-state index contributed by atoms with van der Waals surface area (Å²) >= 11 is 8.38. The van der Waals surface area contributed by atoms with E-state index in [4.69, 9.17) is 21.1 Å². The number of halogens is 1. The molecule has 0 radical (unpaired) electrons. The van der Waals surface area contributed by atoms with Gasteiger partial charge in [0.1, 0.15) is 12.3 Å². The molecule has 142 valence electrons. The third-order valence-corrected chi connectivity index (χ3v) is 5.80. The van der Waals surface area contributed by atoms with Crippen LogP contribution in [0.1, 0.15) is 23.5 Å². The number of ether oxygens (including phenoxy) is 2. The number of thiophene rings is 1. The Labute approximate surface area is 168 Å². The number of hydrogen-bond donors (Lipinski definition) is 0. The van der Waals surface area contributed by atoms with E-state index < -0.39 is 5.91 Å². The van der Waals surface area contributed by atoms with Gasteiger partial charge >= 0.3 is 5.97 Å². The number of nitrogens with zero attached hydrogens (tertiary/aromatic N) is 2. The highest BCUT2D eigenvalue weighted by molar-refractivity contribution is 7.18. The molecule has 0 N–H and O–H groups in total. The van der Waals surface area contributed by atoms with E-state index >= 15 is 0 Å². The molecule has 6 nitrogen and oxygen atoms in total. The van der Waals surface area contributed by atoms with Crippen LogP contribution in [-0.2, 0) is 16.1 Å². The van der Waals surface area contributed by atoms with Crippen LogP contribution in [0, 0.1) is 0 Å². The monoisotopic (exact) mass is 424 g/mol. The normalized spacial score (nSPS) is 11.7. The first-order valence-corrected chi connectivity index (χ1v) is 10.3. The zero-order chi connectivity index (χ0) is 19.4. The van der Waals surface area contributed by atoms with Gasteiger partial charge in [-0.25, -0.2) is 0 Å². The lowest BCUT2D eigenvalue weighted by atomic mass is 10.3. The van der Waals surface area contributed by atoms with Gasteiger partial charge in [0, 0.05) is 0 Å². The Balaban J connectivity index is 2.09. The van der Waals surface area contributed by atoms with Crippen molar-refractivity contribution < 1.29 is 19.1 Å². The number of hydrogen-bond acceptors (Lipinski definition) is 6. The maximum absolute atomic E-state index is 12.5. The Hall–Kier alpha value is -2.16. The van der Waals surface area contributed by atoms with E-state index in [9.17, 15) is 9.59 Å². The lowest BCUT2D eigenvalue weighted by Crippen LogP contribution is -2.23. The highest BCUT2D eigenvalue weighted by Gasteiger charge is 2.14. The van der Waals surface area contributed by atoms with Crippen molar-refractivity contribution in [3.63, 3.8) is 0 Å². The van der Waals surface area contributed by atoms with Crippen molar-refractivity contribution in [3.8, 4) is 5.75 Å². The lowest BCUT2D eigenvalue weighted by molar-refractivity contribution is -0.143. The summed E-state index contributed by atoms with van der Waals surface area (Å²) in [7, 11) is 0. The van der Waals surface area contributed by atoms with Crippen LogP contribution in [0.15, 0.2) is 35.3 Å². The highest BCUT2D eigenvalue weighted by Crippen LogP contribution is 2.25. The van der Waals surface area contributed by atoms with Crippen molar-refractivity contribution in [2.75, 3.05) is 13.2 Å². The molecule has 27 heavy (non-hydrogen) atoms. The van der Waals surface area contributed by atoms with Crippen molar-refractivity contribution in [1.29, 1.82) is 0 Å². The first kappa shape index (κ1) is 19.6. The molecule has 0 aliphatic heterocycles. The molecular formula is C18H17ClN2O4S2. The van der Waals surface area contributed by atoms with Crippen LogP contribution >= 0.6 is 34.3 Å². The van der Waals surface area contributed by atoms with Crippen molar-refractivity contribution in [1.82, 2.24) is 4.57 Å². The topological polar surface area (TPSA) is 69.9 Å². The summed E-state index contributed by atoms with van der Waals surface area (Å²) in [5.41, 5.74) is 0.785. The molecule has 0 atom stereocenters. The third-order valence-electron chi connectivity index (χ3n) is 3.54. The molecule has 0 unspecified atom stereocenters. The Kier molecular flexibility index (Phi) is 6.30. The minimum Gasteiger partial charge on any atom is -0.494 e. The van der Waals surface area contributed by atoms with Crippen LogP contribution in [0.4, 0.5) is 0 Å². The number of benzene rings is 1. The summed E-state index contributed by atoms with van der Waals surface area (Å²) in [5, 5.41) is 0. The summed E-state index contributed by atoms with van der Waals surface area (Å²) in [4.78, 5) is 29.6. The molecule has 9 heteroatoms.